The number of rotatable bonds is 4. The van der Waals surface area contributed by atoms with E-state index in [1.165, 1.54) is 20.8 Å². The van der Waals surface area contributed by atoms with Crippen molar-refractivity contribution < 1.29 is 23.2 Å². The monoisotopic (exact) mass is 211 g/mol. The van der Waals surface area contributed by atoms with Gasteiger partial charge in [0.05, 0.1) is 4.75 Å². The van der Waals surface area contributed by atoms with E-state index < -0.39 is 27.3 Å². The Kier molecular flexibility index (Phi) is 3.83. The zero-order chi connectivity index (χ0) is 10.7. The molecule has 0 fully saturated rings. The Morgan fingerprint density at radius 1 is 1.46 bits per heavy atom. The summed E-state index contributed by atoms with van der Waals surface area (Å²) < 4.78 is 21.4. The summed E-state index contributed by atoms with van der Waals surface area (Å²) in [5, 5.41) is 8.15. The normalized spacial score (nSPS) is 12.8. The highest BCUT2D eigenvalue weighted by Gasteiger charge is 2.29. The van der Waals surface area contributed by atoms with Crippen molar-refractivity contribution in [1.29, 1.82) is 0 Å². The molecule has 0 saturated carbocycles. The van der Waals surface area contributed by atoms with Gasteiger partial charge in [-0.05, 0) is 20.8 Å². The number of sulfonamides is 1. The van der Waals surface area contributed by atoms with E-state index in [9.17, 15) is 13.2 Å². The maximum Gasteiger partial charge on any atom is 0.331 e. The Balaban J connectivity index is 4.15. The maximum atomic E-state index is 11.2. The molecule has 0 unspecified atom stereocenters. The van der Waals surface area contributed by atoms with Gasteiger partial charge in [-0.1, -0.05) is 4.89 Å². The van der Waals surface area contributed by atoms with Gasteiger partial charge in [-0.15, -0.1) is 0 Å². The van der Waals surface area contributed by atoms with Gasteiger partial charge >= 0.3 is 5.97 Å². The van der Waals surface area contributed by atoms with Crippen molar-refractivity contribution in [2.45, 2.75) is 25.5 Å². The Morgan fingerprint density at radius 2 is 1.92 bits per heavy atom. The van der Waals surface area contributed by atoms with Gasteiger partial charge in [0.25, 0.3) is 0 Å². The Bertz CT molecular complexity index is 276. The van der Waals surface area contributed by atoms with Gasteiger partial charge in [-0.3, -0.25) is 4.84 Å². The summed E-state index contributed by atoms with van der Waals surface area (Å²) in [5.74, 6) is -1.24. The van der Waals surface area contributed by atoms with Crippen LogP contribution in [-0.2, 0) is 19.7 Å². The molecule has 0 heterocycles. The second kappa shape index (κ2) is 4.03. The molecular formula is C6H13NO5S. The lowest BCUT2D eigenvalue weighted by atomic mass is 10.3. The molecule has 0 aliphatic heterocycles. The van der Waals surface area contributed by atoms with E-state index in [0.29, 0.717) is 0 Å². The number of carboxylic acids is 1. The zero-order valence-electron chi connectivity index (χ0n) is 7.70. The summed E-state index contributed by atoms with van der Waals surface area (Å²) in [5.41, 5.74) is 0. The first-order chi connectivity index (χ1) is 5.67. The molecule has 2 N–H and O–H groups in total. The molecule has 0 aliphatic rings. The second-order valence-corrected chi connectivity index (χ2v) is 5.78. The maximum absolute atomic E-state index is 11.2. The molecule has 0 aliphatic carbocycles. The average molecular weight is 211 g/mol. The fourth-order valence-corrected chi connectivity index (χ4v) is 0.758. The molecule has 0 aromatic carbocycles. The lowest BCUT2D eigenvalue weighted by Crippen LogP contribution is -2.40. The smallest absolute Gasteiger partial charge is 0.331 e. The number of carbonyl (C=O) groups is 1. The van der Waals surface area contributed by atoms with Gasteiger partial charge in [-0.25, -0.2) is 13.2 Å². The van der Waals surface area contributed by atoms with Crippen molar-refractivity contribution >= 4 is 16.0 Å². The quantitative estimate of drug-likeness (QED) is 0.624. The van der Waals surface area contributed by atoms with E-state index in [2.05, 4.69) is 4.84 Å². The summed E-state index contributed by atoms with van der Waals surface area (Å²) in [6.07, 6.45) is 0. The third-order valence-electron chi connectivity index (χ3n) is 1.17. The van der Waals surface area contributed by atoms with Crippen molar-refractivity contribution in [3.8, 4) is 0 Å². The van der Waals surface area contributed by atoms with E-state index in [1.807, 2.05) is 0 Å². The Hall–Kier alpha value is -0.660. The fourth-order valence-electron chi connectivity index (χ4n) is 0.294. The lowest BCUT2D eigenvalue weighted by molar-refractivity contribution is -0.143. The molecule has 0 aromatic heterocycles. The standard InChI is InChI=1S/C6H13NO5S/c1-6(2,3)13(10,11)7-12-4-5(8)9/h7H,4H2,1-3H3,(H,8,9). The topological polar surface area (TPSA) is 92.7 Å². The predicted molar refractivity (Wildman–Crippen MR) is 45.4 cm³/mol. The highest BCUT2D eigenvalue weighted by atomic mass is 32.2. The minimum atomic E-state index is -3.63. The molecule has 0 spiro atoms. The van der Waals surface area contributed by atoms with Gasteiger partial charge in [0.1, 0.15) is 0 Å². The summed E-state index contributed by atoms with van der Waals surface area (Å²) in [6.45, 7) is 3.72. The third kappa shape index (κ3) is 4.20. The van der Waals surface area contributed by atoms with Crippen LogP contribution in [0.1, 0.15) is 20.8 Å². The van der Waals surface area contributed by atoms with Crippen LogP contribution < -0.4 is 4.89 Å². The van der Waals surface area contributed by atoms with Gasteiger partial charge < -0.3 is 5.11 Å². The van der Waals surface area contributed by atoms with Gasteiger partial charge in [0.15, 0.2) is 6.61 Å². The van der Waals surface area contributed by atoms with Gasteiger partial charge in [-0.2, -0.15) is 0 Å². The van der Waals surface area contributed by atoms with Crippen LogP contribution in [0.4, 0.5) is 0 Å². The highest BCUT2D eigenvalue weighted by molar-refractivity contribution is 7.90. The Morgan fingerprint density at radius 3 is 2.23 bits per heavy atom. The van der Waals surface area contributed by atoms with Gasteiger partial charge in [0, 0.05) is 0 Å². The summed E-state index contributed by atoms with van der Waals surface area (Å²) in [6, 6.07) is 0. The predicted octanol–water partition coefficient (Wildman–Crippen LogP) is -0.280. The number of hydrogen-bond acceptors (Lipinski definition) is 4. The molecule has 6 nitrogen and oxygen atoms in total. The summed E-state index contributed by atoms with van der Waals surface area (Å²) >= 11 is 0. The zero-order valence-corrected chi connectivity index (χ0v) is 8.51. The van der Waals surface area contributed by atoms with Crippen LogP contribution in [-0.4, -0.2) is 30.8 Å². The van der Waals surface area contributed by atoms with Crippen molar-refractivity contribution in [2.24, 2.45) is 0 Å². The van der Waals surface area contributed by atoms with Crippen LogP contribution in [0.15, 0.2) is 0 Å². The van der Waals surface area contributed by atoms with E-state index in [1.54, 1.807) is 4.89 Å². The van der Waals surface area contributed by atoms with Crippen molar-refractivity contribution in [3.05, 3.63) is 0 Å². The van der Waals surface area contributed by atoms with Crippen LogP contribution >= 0.6 is 0 Å². The van der Waals surface area contributed by atoms with Crippen molar-refractivity contribution in [2.75, 3.05) is 6.61 Å². The molecule has 0 amide bonds. The number of nitrogens with one attached hydrogen (secondary N) is 1. The van der Waals surface area contributed by atoms with E-state index >= 15 is 0 Å². The van der Waals surface area contributed by atoms with Crippen LogP contribution in [0.5, 0.6) is 0 Å². The molecule has 13 heavy (non-hydrogen) atoms. The largest absolute Gasteiger partial charge is 0.479 e. The van der Waals surface area contributed by atoms with Gasteiger partial charge in [0.2, 0.25) is 10.0 Å². The second-order valence-electron chi connectivity index (χ2n) is 3.38. The number of aliphatic carboxylic acids is 1. The van der Waals surface area contributed by atoms with E-state index in [4.69, 9.17) is 5.11 Å². The van der Waals surface area contributed by atoms with Crippen LogP contribution in [0.2, 0.25) is 0 Å². The first-order valence-electron chi connectivity index (χ1n) is 3.52. The lowest BCUT2D eigenvalue weighted by Gasteiger charge is -2.18. The first kappa shape index (κ1) is 12.3. The van der Waals surface area contributed by atoms with Crippen LogP contribution in [0.25, 0.3) is 0 Å². The minimum absolute atomic E-state index is 0.699. The van der Waals surface area contributed by atoms with Crippen molar-refractivity contribution in [1.82, 2.24) is 4.89 Å². The fraction of sp³-hybridized carbons (Fsp3) is 0.833. The molecular weight excluding hydrogens is 198 g/mol. The molecule has 78 valence electrons. The summed E-state index contributed by atoms with van der Waals surface area (Å²) in [7, 11) is -3.63. The molecule has 0 rings (SSSR count). The van der Waals surface area contributed by atoms with E-state index in [0.717, 1.165) is 0 Å². The van der Waals surface area contributed by atoms with Crippen LogP contribution in [0, 0.1) is 0 Å². The van der Waals surface area contributed by atoms with Crippen LogP contribution in [0.3, 0.4) is 0 Å². The Labute approximate surface area is 76.9 Å². The first-order valence-corrected chi connectivity index (χ1v) is 5.00. The minimum Gasteiger partial charge on any atom is -0.479 e. The molecule has 0 atom stereocenters. The third-order valence-corrected chi connectivity index (χ3v) is 3.12. The highest BCUT2D eigenvalue weighted by Crippen LogP contribution is 2.12. The van der Waals surface area contributed by atoms with Crippen molar-refractivity contribution in [3.63, 3.8) is 0 Å². The number of carboxylic acid groups (broad SMARTS) is 1. The molecule has 0 saturated heterocycles. The van der Waals surface area contributed by atoms with E-state index in [-0.39, 0.29) is 0 Å². The number of hydrogen-bond donors (Lipinski definition) is 2. The summed E-state index contributed by atoms with van der Waals surface area (Å²) in [4.78, 5) is 15.9. The molecule has 0 aromatic rings. The molecule has 0 bridgehead atoms. The average Bonchev–Trinajstić information content (AvgIpc) is 1.82. The SMILES string of the molecule is CC(C)(C)S(=O)(=O)NOCC(=O)O. The molecule has 7 heteroatoms. The molecule has 0 radical (unpaired) electrons.